The highest BCUT2D eigenvalue weighted by atomic mass is 16.5. The van der Waals surface area contributed by atoms with E-state index in [1.807, 2.05) is 18.2 Å². The van der Waals surface area contributed by atoms with Gasteiger partial charge in [-0.15, -0.1) is 0 Å². The van der Waals surface area contributed by atoms with E-state index >= 15 is 0 Å². The minimum absolute atomic E-state index is 0.0167. The Balaban J connectivity index is 1.44. The summed E-state index contributed by atoms with van der Waals surface area (Å²) < 4.78 is 5.39. The van der Waals surface area contributed by atoms with E-state index in [0.29, 0.717) is 24.0 Å². The standard InChI is InChI=1S/C19H27N3O3/c1-15-7-4-5-11-21(15)12-6-10-20-18(23)13-22-16-8-2-3-9-17(16)25-14-19(22)24/h2-3,8-9,15H,4-7,10-14H2,1H3,(H,20,23)/t15-/m0/s1. The predicted molar refractivity (Wildman–Crippen MR) is 96.8 cm³/mol. The number of para-hydroxylation sites is 2. The number of nitrogens with one attached hydrogen (secondary N) is 1. The molecule has 1 aromatic rings. The molecule has 0 saturated carbocycles. The van der Waals surface area contributed by atoms with Gasteiger partial charge in [0, 0.05) is 19.1 Å². The van der Waals surface area contributed by atoms with Crippen LogP contribution in [0.15, 0.2) is 24.3 Å². The molecule has 0 radical (unpaired) electrons. The van der Waals surface area contributed by atoms with Crippen LogP contribution in [-0.2, 0) is 9.59 Å². The van der Waals surface area contributed by atoms with Crippen molar-refractivity contribution < 1.29 is 14.3 Å². The molecule has 25 heavy (non-hydrogen) atoms. The van der Waals surface area contributed by atoms with Gasteiger partial charge in [-0.1, -0.05) is 18.6 Å². The number of anilines is 1. The molecule has 0 spiro atoms. The highest BCUT2D eigenvalue weighted by Gasteiger charge is 2.26. The molecule has 0 aromatic heterocycles. The molecule has 1 saturated heterocycles. The Hall–Kier alpha value is -2.08. The molecule has 0 bridgehead atoms. The summed E-state index contributed by atoms with van der Waals surface area (Å²) in [5.74, 6) is 0.335. The van der Waals surface area contributed by atoms with E-state index in [0.717, 1.165) is 19.5 Å². The lowest BCUT2D eigenvalue weighted by Gasteiger charge is -2.33. The number of hydrogen-bond donors (Lipinski definition) is 1. The molecular weight excluding hydrogens is 318 g/mol. The highest BCUT2D eigenvalue weighted by Crippen LogP contribution is 2.31. The van der Waals surface area contributed by atoms with Gasteiger partial charge in [0.15, 0.2) is 6.61 Å². The van der Waals surface area contributed by atoms with Crippen molar-refractivity contribution in [1.29, 1.82) is 0 Å². The molecule has 6 heteroatoms. The van der Waals surface area contributed by atoms with Crippen LogP contribution in [0, 0.1) is 0 Å². The number of nitrogens with zero attached hydrogens (tertiary/aromatic N) is 2. The molecule has 1 fully saturated rings. The number of carbonyl (C=O) groups is 2. The molecule has 0 unspecified atom stereocenters. The number of ether oxygens (including phenoxy) is 1. The molecule has 2 heterocycles. The number of rotatable bonds is 6. The molecular formula is C19H27N3O3. The Kier molecular flexibility index (Phi) is 5.91. The van der Waals surface area contributed by atoms with Crippen LogP contribution >= 0.6 is 0 Å². The van der Waals surface area contributed by atoms with E-state index in [9.17, 15) is 9.59 Å². The number of fused-ring (bicyclic) bond motifs is 1. The zero-order valence-electron chi connectivity index (χ0n) is 14.9. The number of benzene rings is 1. The van der Waals surface area contributed by atoms with Crippen LogP contribution in [0.4, 0.5) is 5.69 Å². The van der Waals surface area contributed by atoms with E-state index in [2.05, 4.69) is 17.1 Å². The summed E-state index contributed by atoms with van der Waals surface area (Å²) in [4.78, 5) is 28.3. The first-order chi connectivity index (χ1) is 12.1. The zero-order valence-corrected chi connectivity index (χ0v) is 14.9. The van der Waals surface area contributed by atoms with E-state index < -0.39 is 0 Å². The van der Waals surface area contributed by atoms with Gasteiger partial charge in [-0.2, -0.15) is 0 Å². The smallest absolute Gasteiger partial charge is 0.265 e. The fourth-order valence-corrected chi connectivity index (χ4v) is 3.53. The summed E-state index contributed by atoms with van der Waals surface area (Å²) in [5, 5.41) is 2.94. The molecule has 0 aliphatic carbocycles. The Labute approximate surface area is 149 Å². The van der Waals surface area contributed by atoms with E-state index in [1.165, 1.54) is 24.2 Å². The van der Waals surface area contributed by atoms with E-state index in [-0.39, 0.29) is 25.0 Å². The molecule has 2 aliphatic heterocycles. The summed E-state index contributed by atoms with van der Waals surface area (Å²) >= 11 is 0. The summed E-state index contributed by atoms with van der Waals surface area (Å²) in [6.45, 7) is 5.12. The third-order valence-electron chi connectivity index (χ3n) is 4.99. The third kappa shape index (κ3) is 4.51. The summed E-state index contributed by atoms with van der Waals surface area (Å²) in [7, 11) is 0. The van der Waals surface area contributed by atoms with Crippen molar-refractivity contribution in [2.24, 2.45) is 0 Å². The number of piperidine rings is 1. The van der Waals surface area contributed by atoms with Crippen LogP contribution in [0.1, 0.15) is 32.6 Å². The molecule has 3 rings (SSSR count). The lowest BCUT2D eigenvalue weighted by Crippen LogP contribution is -2.45. The van der Waals surface area contributed by atoms with Crippen LogP contribution in [0.3, 0.4) is 0 Å². The van der Waals surface area contributed by atoms with Crippen molar-refractivity contribution in [3.8, 4) is 5.75 Å². The normalized spacial score (nSPS) is 20.8. The summed E-state index contributed by atoms with van der Waals surface area (Å²) in [6, 6.07) is 7.95. The number of likely N-dealkylation sites (tertiary alicyclic amines) is 1. The summed E-state index contributed by atoms with van der Waals surface area (Å²) in [6.07, 6.45) is 4.80. The Morgan fingerprint density at radius 3 is 3.00 bits per heavy atom. The first kappa shape index (κ1) is 17.7. The maximum atomic E-state index is 12.2. The largest absolute Gasteiger partial charge is 0.482 e. The third-order valence-corrected chi connectivity index (χ3v) is 4.99. The molecule has 2 aliphatic rings. The number of carbonyl (C=O) groups excluding carboxylic acids is 2. The Morgan fingerprint density at radius 2 is 2.16 bits per heavy atom. The zero-order chi connectivity index (χ0) is 17.6. The van der Waals surface area contributed by atoms with Gasteiger partial charge >= 0.3 is 0 Å². The average molecular weight is 345 g/mol. The van der Waals surface area contributed by atoms with Gasteiger partial charge in [-0.3, -0.25) is 14.5 Å². The van der Waals surface area contributed by atoms with E-state index in [4.69, 9.17) is 4.74 Å². The fraction of sp³-hybridized carbons (Fsp3) is 0.579. The molecule has 2 amide bonds. The summed E-state index contributed by atoms with van der Waals surface area (Å²) in [5.41, 5.74) is 0.663. The van der Waals surface area contributed by atoms with Gasteiger partial charge in [0.2, 0.25) is 5.91 Å². The Morgan fingerprint density at radius 1 is 1.32 bits per heavy atom. The lowest BCUT2D eigenvalue weighted by molar-refractivity contribution is -0.125. The SMILES string of the molecule is C[C@H]1CCCCN1CCCNC(=O)CN1C(=O)COc2ccccc21. The first-order valence-electron chi connectivity index (χ1n) is 9.18. The predicted octanol–water partition coefficient (Wildman–Crippen LogP) is 1.79. The van der Waals surface area contributed by atoms with Crippen LogP contribution in [0.2, 0.25) is 0 Å². The van der Waals surface area contributed by atoms with Crippen LogP contribution in [0.25, 0.3) is 0 Å². The van der Waals surface area contributed by atoms with Crippen molar-refractivity contribution in [1.82, 2.24) is 10.2 Å². The molecule has 6 nitrogen and oxygen atoms in total. The van der Waals surface area contributed by atoms with Gasteiger partial charge < -0.3 is 15.0 Å². The fourth-order valence-electron chi connectivity index (χ4n) is 3.53. The maximum absolute atomic E-state index is 12.2. The minimum Gasteiger partial charge on any atom is -0.482 e. The lowest BCUT2D eigenvalue weighted by atomic mass is 10.0. The second kappa shape index (κ2) is 8.34. The van der Waals surface area contributed by atoms with Gasteiger partial charge in [0.05, 0.1) is 5.69 Å². The molecule has 136 valence electrons. The van der Waals surface area contributed by atoms with Crippen LogP contribution in [-0.4, -0.2) is 55.5 Å². The van der Waals surface area contributed by atoms with Gasteiger partial charge in [0.25, 0.3) is 5.91 Å². The van der Waals surface area contributed by atoms with Gasteiger partial charge in [0.1, 0.15) is 12.3 Å². The Bertz CT molecular complexity index is 620. The highest BCUT2D eigenvalue weighted by molar-refractivity contribution is 6.02. The maximum Gasteiger partial charge on any atom is 0.265 e. The van der Waals surface area contributed by atoms with Gasteiger partial charge in [-0.05, 0) is 44.9 Å². The second-order valence-electron chi connectivity index (χ2n) is 6.82. The number of amides is 2. The van der Waals surface area contributed by atoms with Crippen molar-refractivity contribution >= 4 is 17.5 Å². The molecule has 1 aromatic carbocycles. The van der Waals surface area contributed by atoms with E-state index in [1.54, 1.807) is 6.07 Å². The quantitative estimate of drug-likeness (QED) is 0.799. The van der Waals surface area contributed by atoms with Crippen LogP contribution < -0.4 is 15.0 Å². The van der Waals surface area contributed by atoms with Gasteiger partial charge in [-0.25, -0.2) is 0 Å². The average Bonchev–Trinajstić information content (AvgIpc) is 2.62. The molecule has 1 atom stereocenters. The number of hydrogen-bond acceptors (Lipinski definition) is 4. The van der Waals surface area contributed by atoms with Crippen molar-refractivity contribution in [2.75, 3.05) is 37.7 Å². The van der Waals surface area contributed by atoms with Crippen molar-refractivity contribution in [2.45, 2.75) is 38.6 Å². The minimum atomic E-state index is -0.184. The van der Waals surface area contributed by atoms with Crippen LogP contribution in [0.5, 0.6) is 5.75 Å². The van der Waals surface area contributed by atoms with Crippen molar-refractivity contribution in [3.63, 3.8) is 0 Å². The molecule has 1 N–H and O–H groups in total. The monoisotopic (exact) mass is 345 g/mol. The van der Waals surface area contributed by atoms with Crippen molar-refractivity contribution in [3.05, 3.63) is 24.3 Å². The second-order valence-corrected chi connectivity index (χ2v) is 6.82. The first-order valence-corrected chi connectivity index (χ1v) is 9.18. The topological polar surface area (TPSA) is 61.9 Å².